The van der Waals surface area contributed by atoms with Crippen molar-refractivity contribution in [3.8, 4) is 5.75 Å². The summed E-state index contributed by atoms with van der Waals surface area (Å²) in [5, 5.41) is 21.7. The normalized spacial score (nSPS) is 14.1. The molecule has 1 fully saturated rings. The van der Waals surface area contributed by atoms with Crippen molar-refractivity contribution in [1.29, 1.82) is 0 Å². The molecule has 29 heavy (non-hydrogen) atoms. The molecular formula is C21H28N2O6. The minimum Gasteiger partial charge on any atom is -0.506 e. The van der Waals surface area contributed by atoms with E-state index >= 15 is 0 Å². The summed E-state index contributed by atoms with van der Waals surface area (Å²) >= 11 is 0. The van der Waals surface area contributed by atoms with E-state index in [0.717, 1.165) is 23.5 Å². The summed E-state index contributed by atoms with van der Waals surface area (Å²) in [7, 11) is 0. The highest BCUT2D eigenvalue weighted by Gasteiger charge is 2.27. The first-order chi connectivity index (χ1) is 13.6. The monoisotopic (exact) mass is 404 g/mol. The van der Waals surface area contributed by atoms with E-state index in [1.165, 1.54) is 6.92 Å². The second-order valence-corrected chi connectivity index (χ2v) is 7.84. The Kier molecular flexibility index (Phi) is 7.25. The van der Waals surface area contributed by atoms with Crippen molar-refractivity contribution in [2.45, 2.75) is 46.6 Å². The first kappa shape index (κ1) is 22.3. The lowest BCUT2D eigenvalue weighted by Crippen LogP contribution is -2.42. The predicted octanol–water partition coefficient (Wildman–Crippen LogP) is 2.41. The molecule has 1 unspecified atom stereocenters. The summed E-state index contributed by atoms with van der Waals surface area (Å²) in [5.74, 6) is -1.50. The maximum absolute atomic E-state index is 12.7. The third-order valence-electron chi connectivity index (χ3n) is 4.09. The molecule has 1 aliphatic carbocycles. The largest absolute Gasteiger partial charge is 0.506 e. The van der Waals surface area contributed by atoms with Gasteiger partial charge >= 0.3 is 5.97 Å². The molecule has 8 heteroatoms. The Bertz CT molecular complexity index is 943. The van der Waals surface area contributed by atoms with Crippen molar-refractivity contribution in [2.24, 2.45) is 11.8 Å². The van der Waals surface area contributed by atoms with Crippen molar-refractivity contribution in [3.05, 3.63) is 40.2 Å². The van der Waals surface area contributed by atoms with Crippen LogP contribution in [-0.4, -0.2) is 39.5 Å². The van der Waals surface area contributed by atoms with Gasteiger partial charge in [-0.2, -0.15) is 0 Å². The Balaban J connectivity index is 0.000000687. The topological polar surface area (TPSA) is 118 Å². The lowest BCUT2D eigenvalue weighted by molar-refractivity contribution is -0.138. The number of hydrogen-bond donors (Lipinski definition) is 3. The summed E-state index contributed by atoms with van der Waals surface area (Å²) < 4.78 is 0.994. The highest BCUT2D eigenvalue weighted by molar-refractivity contribution is 6.03. The number of aromatic nitrogens is 1. The SMILES string of the molecule is CC(C)C.CC(NC(=O)c1c(O)c2ccccc2n(OCC2CC2)c1=O)C(=O)O. The fourth-order valence-corrected chi connectivity index (χ4v) is 2.43. The number of carbonyl (C=O) groups excluding carboxylic acids is 1. The van der Waals surface area contributed by atoms with Gasteiger partial charge in [0, 0.05) is 5.39 Å². The summed E-state index contributed by atoms with van der Waals surface area (Å²) in [6, 6.07) is 5.28. The van der Waals surface area contributed by atoms with Gasteiger partial charge in [-0.15, -0.1) is 4.73 Å². The van der Waals surface area contributed by atoms with E-state index in [1.54, 1.807) is 24.3 Å². The zero-order valence-electron chi connectivity index (χ0n) is 17.1. The van der Waals surface area contributed by atoms with Gasteiger partial charge in [0.2, 0.25) is 0 Å². The molecule has 3 rings (SSSR count). The molecule has 1 aromatic heterocycles. The van der Waals surface area contributed by atoms with Crippen LogP contribution < -0.4 is 15.7 Å². The van der Waals surface area contributed by atoms with Crippen LogP contribution in [0.3, 0.4) is 0 Å². The van der Waals surface area contributed by atoms with Gasteiger partial charge in [-0.3, -0.25) is 14.4 Å². The van der Waals surface area contributed by atoms with Crippen LogP contribution >= 0.6 is 0 Å². The number of nitrogens with one attached hydrogen (secondary N) is 1. The number of carboxylic acid groups (broad SMARTS) is 1. The Morgan fingerprint density at radius 2 is 1.79 bits per heavy atom. The van der Waals surface area contributed by atoms with Crippen LogP contribution in [0.4, 0.5) is 0 Å². The van der Waals surface area contributed by atoms with Crippen LogP contribution in [-0.2, 0) is 4.79 Å². The summed E-state index contributed by atoms with van der Waals surface area (Å²) in [5.41, 5.74) is -1.02. The number of aromatic hydroxyl groups is 1. The van der Waals surface area contributed by atoms with Crippen molar-refractivity contribution >= 4 is 22.8 Å². The lowest BCUT2D eigenvalue weighted by atomic mass is 10.1. The standard InChI is InChI=1S/C17H18N2O6.C4H10/c1-9(17(23)24)18-15(21)13-14(20)11-4-2-3-5-12(11)19(16(13)22)25-8-10-6-7-10;1-4(2)3/h2-5,9-10,20H,6-8H2,1H3,(H,18,21)(H,23,24);4H,1-3H3. The number of nitrogens with zero attached hydrogens (tertiary/aromatic N) is 1. The maximum Gasteiger partial charge on any atom is 0.325 e. The Labute approximate surface area is 169 Å². The molecule has 158 valence electrons. The van der Waals surface area contributed by atoms with Crippen LogP contribution in [0.25, 0.3) is 10.9 Å². The van der Waals surface area contributed by atoms with Crippen LogP contribution in [0.15, 0.2) is 29.1 Å². The molecule has 3 N–H and O–H groups in total. The van der Waals surface area contributed by atoms with E-state index in [1.807, 2.05) is 0 Å². The van der Waals surface area contributed by atoms with Gasteiger partial charge in [-0.1, -0.05) is 32.9 Å². The lowest BCUT2D eigenvalue weighted by Gasteiger charge is -2.16. The highest BCUT2D eigenvalue weighted by Crippen LogP contribution is 2.29. The number of carbonyl (C=O) groups is 2. The number of amides is 1. The summed E-state index contributed by atoms with van der Waals surface area (Å²) in [6.07, 6.45) is 2.04. The molecule has 1 aromatic carbocycles. The number of aliphatic carboxylic acids is 1. The number of rotatable bonds is 6. The zero-order valence-corrected chi connectivity index (χ0v) is 17.1. The van der Waals surface area contributed by atoms with Crippen molar-refractivity contribution in [2.75, 3.05) is 6.61 Å². The number of carboxylic acids is 1. The molecule has 0 radical (unpaired) electrons. The molecule has 1 heterocycles. The molecular weight excluding hydrogens is 376 g/mol. The van der Waals surface area contributed by atoms with Gasteiger partial charge in [-0.05, 0) is 43.7 Å². The second kappa shape index (κ2) is 9.45. The number of benzene rings is 1. The molecule has 1 atom stereocenters. The summed E-state index contributed by atoms with van der Waals surface area (Å²) in [6.45, 7) is 8.10. The zero-order chi connectivity index (χ0) is 21.7. The molecule has 1 aliphatic rings. The Morgan fingerprint density at radius 3 is 2.34 bits per heavy atom. The number of pyridine rings is 1. The molecule has 1 amide bonds. The van der Waals surface area contributed by atoms with Gasteiger partial charge in [0.1, 0.15) is 18.4 Å². The smallest absolute Gasteiger partial charge is 0.325 e. The van der Waals surface area contributed by atoms with Crippen LogP contribution in [0.2, 0.25) is 0 Å². The van der Waals surface area contributed by atoms with E-state index in [0.29, 0.717) is 18.0 Å². The number of hydrogen-bond acceptors (Lipinski definition) is 5. The highest BCUT2D eigenvalue weighted by atomic mass is 16.7. The van der Waals surface area contributed by atoms with Crippen LogP contribution in [0.1, 0.15) is 50.9 Å². The van der Waals surface area contributed by atoms with Crippen LogP contribution in [0.5, 0.6) is 5.75 Å². The van der Waals surface area contributed by atoms with Crippen LogP contribution in [0, 0.1) is 11.8 Å². The van der Waals surface area contributed by atoms with Gasteiger partial charge in [-0.25, -0.2) is 0 Å². The Morgan fingerprint density at radius 1 is 1.21 bits per heavy atom. The minimum atomic E-state index is -1.25. The molecule has 0 spiro atoms. The average Bonchev–Trinajstić information content (AvgIpc) is 3.45. The van der Waals surface area contributed by atoms with Crippen molar-refractivity contribution in [1.82, 2.24) is 10.0 Å². The quantitative estimate of drug-likeness (QED) is 0.680. The number of fused-ring (bicyclic) bond motifs is 1. The first-order valence-corrected chi connectivity index (χ1v) is 9.67. The third kappa shape index (κ3) is 5.73. The fraction of sp³-hybridized carbons (Fsp3) is 0.476. The van der Waals surface area contributed by atoms with E-state index < -0.39 is 34.8 Å². The van der Waals surface area contributed by atoms with Gasteiger partial charge in [0.15, 0.2) is 5.56 Å². The summed E-state index contributed by atoms with van der Waals surface area (Å²) in [4.78, 5) is 41.5. The molecule has 0 bridgehead atoms. The van der Waals surface area contributed by atoms with Gasteiger partial charge in [0.05, 0.1) is 5.52 Å². The predicted molar refractivity (Wildman–Crippen MR) is 109 cm³/mol. The average molecular weight is 404 g/mol. The first-order valence-electron chi connectivity index (χ1n) is 9.67. The Hall–Kier alpha value is -3.03. The molecule has 8 nitrogen and oxygen atoms in total. The van der Waals surface area contributed by atoms with E-state index in [-0.39, 0.29) is 5.39 Å². The molecule has 0 saturated heterocycles. The van der Waals surface area contributed by atoms with E-state index in [9.17, 15) is 19.5 Å². The molecule has 0 aliphatic heterocycles. The van der Waals surface area contributed by atoms with Crippen molar-refractivity contribution in [3.63, 3.8) is 0 Å². The second-order valence-electron chi connectivity index (χ2n) is 7.84. The molecule has 1 saturated carbocycles. The van der Waals surface area contributed by atoms with Gasteiger partial charge in [0.25, 0.3) is 11.5 Å². The van der Waals surface area contributed by atoms with E-state index in [2.05, 4.69) is 26.1 Å². The minimum absolute atomic E-state index is 0.269. The molecule has 2 aromatic rings. The van der Waals surface area contributed by atoms with Gasteiger partial charge < -0.3 is 20.4 Å². The van der Waals surface area contributed by atoms with Crippen molar-refractivity contribution < 1.29 is 24.6 Å². The number of para-hydroxylation sites is 1. The fourth-order valence-electron chi connectivity index (χ4n) is 2.43. The third-order valence-corrected chi connectivity index (χ3v) is 4.09. The van der Waals surface area contributed by atoms with E-state index in [4.69, 9.17) is 9.94 Å². The maximum atomic E-state index is 12.7.